The van der Waals surface area contributed by atoms with Crippen LogP contribution in [0.4, 0.5) is 0 Å². The fraction of sp³-hybridized carbons (Fsp3) is 0.588. The molecular weight excluding hydrogens is 364 g/mol. The minimum atomic E-state index is -3.56. The van der Waals surface area contributed by atoms with E-state index in [1.807, 2.05) is 0 Å². The van der Waals surface area contributed by atoms with Crippen molar-refractivity contribution >= 4 is 27.5 Å². The van der Waals surface area contributed by atoms with Crippen molar-refractivity contribution < 1.29 is 17.9 Å². The van der Waals surface area contributed by atoms with Crippen LogP contribution >= 0.6 is 11.6 Å². The third kappa shape index (κ3) is 5.17. The Morgan fingerprint density at radius 2 is 1.80 bits per heavy atom. The molecule has 0 saturated carbocycles. The van der Waals surface area contributed by atoms with E-state index in [2.05, 4.69) is 6.92 Å². The molecule has 1 aliphatic rings. The lowest BCUT2D eigenvalue weighted by molar-refractivity contribution is -0.143. The first-order valence-electron chi connectivity index (χ1n) is 8.52. The predicted octanol–water partition coefficient (Wildman–Crippen LogP) is 2.38. The molecule has 1 saturated heterocycles. The fourth-order valence-corrected chi connectivity index (χ4v) is 4.19. The topological polar surface area (TPSA) is 66.9 Å². The van der Waals surface area contributed by atoms with E-state index in [1.165, 1.54) is 16.4 Å². The van der Waals surface area contributed by atoms with Gasteiger partial charge >= 0.3 is 0 Å². The van der Waals surface area contributed by atoms with Crippen molar-refractivity contribution in [3.63, 3.8) is 0 Å². The molecule has 0 aliphatic carbocycles. The van der Waals surface area contributed by atoms with E-state index in [-0.39, 0.29) is 23.9 Å². The van der Waals surface area contributed by atoms with Gasteiger partial charge in [0.15, 0.2) is 0 Å². The summed E-state index contributed by atoms with van der Waals surface area (Å²) in [6.07, 6.45) is 1.44. The van der Waals surface area contributed by atoms with Gasteiger partial charge in [-0.05, 0) is 37.6 Å². The third-order valence-electron chi connectivity index (χ3n) is 4.22. The Balaban J connectivity index is 1.92. The molecule has 1 heterocycles. The van der Waals surface area contributed by atoms with Crippen LogP contribution in [0.25, 0.3) is 0 Å². The number of halogens is 1. The average Bonchev–Trinajstić information content (AvgIpc) is 2.61. The van der Waals surface area contributed by atoms with Crippen LogP contribution < -0.4 is 0 Å². The van der Waals surface area contributed by atoms with Gasteiger partial charge in [0.25, 0.3) is 5.91 Å². The summed E-state index contributed by atoms with van der Waals surface area (Å²) >= 11 is 5.81. The van der Waals surface area contributed by atoms with Crippen LogP contribution in [0.15, 0.2) is 29.2 Å². The minimum absolute atomic E-state index is 0.0837. The molecule has 1 aromatic carbocycles. The highest BCUT2D eigenvalue weighted by atomic mass is 35.5. The number of hydrogen-bond donors (Lipinski definition) is 0. The number of rotatable bonds is 7. The standard InChI is InChI=1S/C17H25ClN2O4S/c1-3-4-13-24-14(2)17(21)19-9-11-20(12-10-19)25(22,23)16-7-5-15(18)6-8-16/h5-8,14H,3-4,9-13H2,1-2H3. The number of benzene rings is 1. The van der Waals surface area contributed by atoms with Crippen LogP contribution in [-0.4, -0.2) is 62.4 Å². The molecule has 0 N–H and O–H groups in total. The zero-order valence-corrected chi connectivity index (χ0v) is 16.2. The number of carbonyl (C=O) groups is 1. The summed E-state index contributed by atoms with van der Waals surface area (Å²) in [7, 11) is -3.56. The summed E-state index contributed by atoms with van der Waals surface area (Å²) in [4.78, 5) is 14.3. The van der Waals surface area contributed by atoms with Crippen LogP contribution in [0.2, 0.25) is 5.02 Å². The normalized spacial score (nSPS) is 17.5. The SMILES string of the molecule is CCCCOC(C)C(=O)N1CCN(S(=O)(=O)c2ccc(Cl)cc2)CC1. The summed E-state index contributed by atoms with van der Waals surface area (Å²) in [5.74, 6) is -0.0837. The summed E-state index contributed by atoms with van der Waals surface area (Å²) < 4.78 is 32.2. The maximum atomic E-state index is 12.6. The highest BCUT2D eigenvalue weighted by Crippen LogP contribution is 2.20. The summed E-state index contributed by atoms with van der Waals surface area (Å²) in [6, 6.07) is 6.12. The number of nitrogens with zero attached hydrogens (tertiary/aromatic N) is 2. The quantitative estimate of drug-likeness (QED) is 0.672. The molecule has 2 rings (SSSR count). The third-order valence-corrected chi connectivity index (χ3v) is 6.38. The second-order valence-corrected chi connectivity index (χ2v) is 8.42. The second-order valence-electron chi connectivity index (χ2n) is 6.05. The van der Waals surface area contributed by atoms with Crippen molar-refractivity contribution in [2.24, 2.45) is 0 Å². The molecule has 1 fully saturated rings. The number of unbranched alkanes of at least 4 members (excludes halogenated alkanes) is 1. The molecule has 0 bridgehead atoms. The minimum Gasteiger partial charge on any atom is -0.369 e. The first-order chi connectivity index (χ1) is 11.9. The lowest BCUT2D eigenvalue weighted by Crippen LogP contribution is -2.52. The number of sulfonamides is 1. The Bertz CT molecular complexity index is 670. The first-order valence-corrected chi connectivity index (χ1v) is 10.3. The van der Waals surface area contributed by atoms with Gasteiger partial charge in [0.1, 0.15) is 6.10 Å². The van der Waals surface area contributed by atoms with Gasteiger partial charge in [0, 0.05) is 37.8 Å². The van der Waals surface area contributed by atoms with E-state index in [4.69, 9.17) is 16.3 Å². The lowest BCUT2D eigenvalue weighted by Gasteiger charge is -2.35. The van der Waals surface area contributed by atoms with Gasteiger partial charge in [-0.1, -0.05) is 24.9 Å². The Morgan fingerprint density at radius 3 is 2.36 bits per heavy atom. The number of amides is 1. The van der Waals surface area contributed by atoms with Gasteiger partial charge < -0.3 is 9.64 Å². The molecule has 8 heteroatoms. The molecule has 1 aromatic rings. The van der Waals surface area contributed by atoms with E-state index < -0.39 is 16.1 Å². The van der Waals surface area contributed by atoms with Gasteiger partial charge in [-0.3, -0.25) is 4.79 Å². The second kappa shape index (κ2) is 8.98. The molecule has 1 atom stereocenters. The number of piperazine rings is 1. The molecule has 1 aliphatic heterocycles. The summed E-state index contributed by atoms with van der Waals surface area (Å²) in [5.41, 5.74) is 0. The Kier molecular flexibility index (Phi) is 7.25. The van der Waals surface area contributed by atoms with Gasteiger partial charge in [0.2, 0.25) is 10.0 Å². The fourth-order valence-electron chi connectivity index (χ4n) is 2.64. The Hall–Kier alpha value is -1.15. The average molecular weight is 389 g/mol. The molecule has 0 radical (unpaired) electrons. The monoisotopic (exact) mass is 388 g/mol. The Morgan fingerprint density at radius 1 is 1.20 bits per heavy atom. The molecule has 1 unspecified atom stereocenters. The van der Waals surface area contributed by atoms with Gasteiger partial charge in [-0.2, -0.15) is 4.31 Å². The van der Waals surface area contributed by atoms with Crippen LogP contribution in [0.5, 0.6) is 0 Å². The Labute approximate surface area is 154 Å². The maximum Gasteiger partial charge on any atom is 0.251 e. The number of carbonyl (C=O) groups excluding carboxylic acids is 1. The molecule has 1 amide bonds. The van der Waals surface area contributed by atoms with Crippen molar-refractivity contribution in [2.45, 2.75) is 37.7 Å². The number of ether oxygens (including phenoxy) is 1. The van der Waals surface area contributed by atoms with Crippen molar-refractivity contribution in [3.05, 3.63) is 29.3 Å². The zero-order chi connectivity index (χ0) is 18.4. The van der Waals surface area contributed by atoms with E-state index in [0.29, 0.717) is 24.7 Å². The van der Waals surface area contributed by atoms with Crippen LogP contribution in [0, 0.1) is 0 Å². The first kappa shape index (κ1) is 20.2. The molecule has 25 heavy (non-hydrogen) atoms. The molecule has 0 spiro atoms. The van der Waals surface area contributed by atoms with Crippen LogP contribution in [-0.2, 0) is 19.6 Å². The molecule has 140 valence electrons. The zero-order valence-electron chi connectivity index (χ0n) is 14.7. The van der Waals surface area contributed by atoms with Crippen molar-refractivity contribution in [2.75, 3.05) is 32.8 Å². The van der Waals surface area contributed by atoms with Gasteiger partial charge in [-0.15, -0.1) is 0 Å². The largest absolute Gasteiger partial charge is 0.369 e. The van der Waals surface area contributed by atoms with E-state index in [1.54, 1.807) is 24.0 Å². The van der Waals surface area contributed by atoms with Gasteiger partial charge in [-0.25, -0.2) is 8.42 Å². The van der Waals surface area contributed by atoms with E-state index in [0.717, 1.165) is 12.8 Å². The van der Waals surface area contributed by atoms with Crippen molar-refractivity contribution in [1.82, 2.24) is 9.21 Å². The smallest absolute Gasteiger partial charge is 0.251 e. The van der Waals surface area contributed by atoms with E-state index in [9.17, 15) is 13.2 Å². The maximum absolute atomic E-state index is 12.6. The lowest BCUT2D eigenvalue weighted by atomic mass is 10.3. The van der Waals surface area contributed by atoms with Crippen molar-refractivity contribution in [1.29, 1.82) is 0 Å². The highest BCUT2D eigenvalue weighted by Gasteiger charge is 2.31. The van der Waals surface area contributed by atoms with E-state index >= 15 is 0 Å². The van der Waals surface area contributed by atoms with Crippen LogP contribution in [0.3, 0.4) is 0 Å². The van der Waals surface area contributed by atoms with Gasteiger partial charge in [0.05, 0.1) is 4.90 Å². The number of hydrogen-bond acceptors (Lipinski definition) is 4. The molecule has 6 nitrogen and oxygen atoms in total. The van der Waals surface area contributed by atoms with Crippen LogP contribution in [0.1, 0.15) is 26.7 Å². The highest BCUT2D eigenvalue weighted by molar-refractivity contribution is 7.89. The summed E-state index contributed by atoms with van der Waals surface area (Å²) in [6.45, 7) is 5.66. The van der Waals surface area contributed by atoms with Crippen molar-refractivity contribution in [3.8, 4) is 0 Å². The summed E-state index contributed by atoms with van der Waals surface area (Å²) in [5, 5.41) is 0.492. The molecule has 0 aromatic heterocycles. The predicted molar refractivity (Wildman–Crippen MR) is 97.1 cm³/mol. The molecular formula is C17H25ClN2O4S.